The van der Waals surface area contributed by atoms with E-state index >= 15 is 0 Å². The van der Waals surface area contributed by atoms with Crippen LogP contribution in [-0.2, 0) is 11.3 Å². The van der Waals surface area contributed by atoms with E-state index in [2.05, 4.69) is 4.98 Å². The molecule has 102 valence electrons. The lowest BCUT2D eigenvalue weighted by Gasteiger charge is -2.42. The van der Waals surface area contributed by atoms with E-state index in [4.69, 9.17) is 4.74 Å². The van der Waals surface area contributed by atoms with Gasteiger partial charge in [-0.3, -0.25) is 9.47 Å². The van der Waals surface area contributed by atoms with Crippen molar-refractivity contribution in [3.63, 3.8) is 0 Å². The molecule has 5 nitrogen and oxygen atoms in total. The number of imidazole rings is 1. The van der Waals surface area contributed by atoms with Crippen LogP contribution in [0.25, 0.3) is 0 Å². The molecule has 0 amide bonds. The Morgan fingerprint density at radius 1 is 1.61 bits per heavy atom. The number of hydrogen-bond acceptors (Lipinski definition) is 4. The maximum absolute atomic E-state index is 12.6. The minimum absolute atomic E-state index is 0.0423. The molecule has 7 heteroatoms. The highest BCUT2D eigenvalue weighted by Crippen LogP contribution is 2.28. The molecule has 2 heterocycles. The topological polar surface area (TPSA) is 50.5 Å². The van der Waals surface area contributed by atoms with Gasteiger partial charge in [-0.1, -0.05) is 0 Å². The number of aliphatic hydroxyl groups is 1. The zero-order valence-corrected chi connectivity index (χ0v) is 10.2. The Hall–Kier alpha value is -1.05. The summed E-state index contributed by atoms with van der Waals surface area (Å²) >= 11 is 0. The summed E-state index contributed by atoms with van der Waals surface area (Å²) in [6.07, 6.45) is 2.63. The highest BCUT2D eigenvalue weighted by atomic mass is 19.3. The number of nitrogens with zero attached hydrogens (tertiary/aromatic N) is 3. The molecule has 1 aromatic rings. The molecule has 0 unspecified atom stereocenters. The van der Waals surface area contributed by atoms with Crippen molar-refractivity contribution >= 4 is 0 Å². The van der Waals surface area contributed by atoms with Gasteiger partial charge in [-0.2, -0.15) is 8.78 Å². The second-order valence-electron chi connectivity index (χ2n) is 4.85. The van der Waals surface area contributed by atoms with Crippen LogP contribution < -0.4 is 0 Å². The van der Waals surface area contributed by atoms with Gasteiger partial charge in [0.2, 0.25) is 0 Å². The van der Waals surface area contributed by atoms with Gasteiger partial charge in [-0.25, -0.2) is 4.98 Å². The Labute approximate surface area is 104 Å². The summed E-state index contributed by atoms with van der Waals surface area (Å²) in [7, 11) is 1.82. The van der Waals surface area contributed by atoms with Gasteiger partial charge < -0.3 is 9.84 Å². The summed E-state index contributed by atoms with van der Waals surface area (Å²) in [6, 6.07) is 0. The molecule has 0 spiro atoms. The molecular weight excluding hydrogens is 244 g/mol. The van der Waals surface area contributed by atoms with Crippen molar-refractivity contribution in [1.82, 2.24) is 14.5 Å². The second kappa shape index (κ2) is 5.29. The highest BCUT2D eigenvalue weighted by Gasteiger charge is 2.39. The maximum Gasteiger partial charge on any atom is 0.319 e. The maximum atomic E-state index is 12.6. The molecule has 0 saturated carbocycles. The van der Waals surface area contributed by atoms with Crippen LogP contribution >= 0.6 is 0 Å². The molecular formula is C11H17F2N3O2. The van der Waals surface area contributed by atoms with E-state index in [0.717, 1.165) is 4.57 Å². The molecule has 2 rings (SSSR count). The first kappa shape index (κ1) is 13.4. The van der Waals surface area contributed by atoms with Crippen LogP contribution in [0.4, 0.5) is 8.78 Å². The molecule has 1 aliphatic heterocycles. The average molecular weight is 261 g/mol. The normalized spacial score (nSPS) is 18.3. The number of hydrogen-bond donors (Lipinski definition) is 1. The summed E-state index contributed by atoms with van der Waals surface area (Å²) in [4.78, 5) is 5.80. The number of ether oxygens (including phenoxy) is 1. The van der Waals surface area contributed by atoms with Crippen LogP contribution in [0.15, 0.2) is 12.4 Å². The molecule has 18 heavy (non-hydrogen) atoms. The predicted octanol–water partition coefficient (Wildman–Crippen LogP) is 0.719. The fourth-order valence-corrected chi connectivity index (χ4v) is 2.14. The minimum Gasteiger partial charge on any atom is -0.396 e. The summed E-state index contributed by atoms with van der Waals surface area (Å²) < 4.78 is 31.2. The summed E-state index contributed by atoms with van der Waals surface area (Å²) in [5, 5.41) is 9.31. The first-order chi connectivity index (χ1) is 8.56. The van der Waals surface area contributed by atoms with Gasteiger partial charge in [0.25, 0.3) is 0 Å². The van der Waals surface area contributed by atoms with E-state index in [-0.39, 0.29) is 12.0 Å². The van der Waals surface area contributed by atoms with E-state index in [0.29, 0.717) is 32.1 Å². The van der Waals surface area contributed by atoms with Crippen LogP contribution in [0.1, 0.15) is 12.4 Å². The van der Waals surface area contributed by atoms with Crippen LogP contribution in [0.3, 0.4) is 0 Å². The lowest BCUT2D eigenvalue weighted by Crippen LogP contribution is -2.52. The molecule has 1 N–H and O–H groups in total. The van der Waals surface area contributed by atoms with Gasteiger partial charge in [-0.05, 0) is 7.05 Å². The van der Waals surface area contributed by atoms with E-state index in [1.165, 1.54) is 12.4 Å². The average Bonchev–Trinajstić information content (AvgIpc) is 2.71. The van der Waals surface area contributed by atoms with Crippen molar-refractivity contribution in [2.45, 2.75) is 13.1 Å². The molecule has 1 aromatic heterocycles. The fourth-order valence-electron chi connectivity index (χ4n) is 2.14. The quantitative estimate of drug-likeness (QED) is 0.819. The molecule has 0 radical (unpaired) electrons. The number of rotatable bonds is 6. The zero-order chi connectivity index (χ0) is 13.2. The van der Waals surface area contributed by atoms with Crippen molar-refractivity contribution in [1.29, 1.82) is 0 Å². The van der Waals surface area contributed by atoms with E-state index < -0.39 is 6.55 Å². The van der Waals surface area contributed by atoms with Gasteiger partial charge in [0.1, 0.15) is 5.82 Å². The van der Waals surface area contributed by atoms with E-state index in [9.17, 15) is 13.9 Å². The lowest BCUT2D eigenvalue weighted by atomic mass is 9.86. The van der Waals surface area contributed by atoms with E-state index in [1.54, 1.807) is 0 Å². The summed E-state index contributed by atoms with van der Waals surface area (Å²) in [5.74, 6) is 0.320. The number of aromatic nitrogens is 2. The fraction of sp³-hybridized carbons (Fsp3) is 0.727. The van der Waals surface area contributed by atoms with Gasteiger partial charge in [0.05, 0.1) is 31.8 Å². The van der Waals surface area contributed by atoms with Crippen molar-refractivity contribution < 1.29 is 18.6 Å². The molecule has 0 bridgehead atoms. The number of aliphatic hydroxyl groups excluding tert-OH is 1. The SMILES string of the molecule is CN(Cc1nccn1C(F)F)CC1(CO)COC1. The zero-order valence-electron chi connectivity index (χ0n) is 10.2. The largest absolute Gasteiger partial charge is 0.396 e. The number of alkyl halides is 2. The van der Waals surface area contributed by atoms with Crippen LogP contribution in [-0.4, -0.2) is 53.0 Å². The predicted molar refractivity (Wildman–Crippen MR) is 60.2 cm³/mol. The van der Waals surface area contributed by atoms with Gasteiger partial charge in [0.15, 0.2) is 0 Å². The first-order valence-corrected chi connectivity index (χ1v) is 5.73. The standard InChI is InChI=1S/C11H17F2N3O2/c1-15(5-11(6-17)7-18-8-11)4-9-14-2-3-16(9)10(12)13/h2-3,10,17H,4-8H2,1H3. The highest BCUT2D eigenvalue weighted by molar-refractivity contribution is 4.94. The Morgan fingerprint density at radius 3 is 2.83 bits per heavy atom. The molecule has 0 atom stereocenters. The molecule has 1 fully saturated rings. The van der Waals surface area contributed by atoms with Gasteiger partial charge in [-0.15, -0.1) is 0 Å². The third kappa shape index (κ3) is 2.68. The lowest BCUT2D eigenvalue weighted by molar-refractivity contribution is -0.147. The first-order valence-electron chi connectivity index (χ1n) is 5.73. The van der Waals surface area contributed by atoms with Crippen molar-refractivity contribution in [2.24, 2.45) is 5.41 Å². The second-order valence-corrected chi connectivity index (χ2v) is 4.85. The van der Waals surface area contributed by atoms with Crippen molar-refractivity contribution in [3.05, 3.63) is 18.2 Å². The van der Waals surface area contributed by atoms with Crippen LogP contribution in [0, 0.1) is 5.41 Å². The number of halogens is 2. The molecule has 0 aliphatic carbocycles. The molecule has 1 saturated heterocycles. The van der Waals surface area contributed by atoms with Crippen LogP contribution in [0.5, 0.6) is 0 Å². The van der Waals surface area contributed by atoms with Crippen molar-refractivity contribution in [2.75, 3.05) is 33.4 Å². The summed E-state index contributed by atoms with van der Waals surface area (Å²) in [5.41, 5.74) is -0.253. The van der Waals surface area contributed by atoms with Crippen LogP contribution in [0.2, 0.25) is 0 Å². The Bertz CT molecular complexity index is 388. The molecule has 1 aliphatic rings. The Balaban J connectivity index is 1.94. The Morgan fingerprint density at radius 2 is 2.33 bits per heavy atom. The monoisotopic (exact) mass is 261 g/mol. The van der Waals surface area contributed by atoms with Gasteiger partial charge in [0, 0.05) is 18.9 Å². The minimum atomic E-state index is -2.57. The third-order valence-corrected chi connectivity index (χ3v) is 3.13. The smallest absolute Gasteiger partial charge is 0.319 e. The molecule has 0 aromatic carbocycles. The summed E-state index contributed by atoms with van der Waals surface area (Å²) in [6.45, 7) is -0.595. The van der Waals surface area contributed by atoms with E-state index in [1.807, 2.05) is 11.9 Å². The third-order valence-electron chi connectivity index (χ3n) is 3.13. The van der Waals surface area contributed by atoms with Gasteiger partial charge >= 0.3 is 6.55 Å². The Kier molecular flexibility index (Phi) is 3.94. The van der Waals surface area contributed by atoms with Crippen molar-refractivity contribution in [3.8, 4) is 0 Å².